The molecule has 0 N–H and O–H groups in total. The Balaban J connectivity index is 1.13. The van der Waals surface area contributed by atoms with E-state index in [0.29, 0.717) is 17.4 Å². The SMILES string of the molecule is c1ccc(-c2cccc(Oc3ccc4c5ccc(Oc6cccc(-c7ccccn7)c6)cc5n(-c5ncc6c(n5)CCC6)c4c3)c2)nc1. The van der Waals surface area contributed by atoms with Gasteiger partial charge in [0, 0.05) is 58.3 Å². The Kier molecular flexibility index (Phi) is 6.86. The third-order valence-corrected chi connectivity index (χ3v) is 8.77. The zero-order chi connectivity index (χ0) is 31.9. The van der Waals surface area contributed by atoms with Crippen molar-refractivity contribution in [3.05, 3.63) is 151 Å². The Morgan fingerprint density at radius 1 is 0.521 bits per heavy atom. The molecule has 0 radical (unpaired) electrons. The van der Waals surface area contributed by atoms with Crippen molar-refractivity contribution in [2.75, 3.05) is 0 Å². The van der Waals surface area contributed by atoms with Gasteiger partial charge in [0.15, 0.2) is 0 Å². The highest BCUT2D eigenvalue weighted by atomic mass is 16.5. The van der Waals surface area contributed by atoms with Crippen molar-refractivity contribution in [1.82, 2.24) is 24.5 Å². The predicted octanol–water partition coefficient (Wildman–Crippen LogP) is 9.77. The lowest BCUT2D eigenvalue weighted by atomic mass is 10.1. The number of pyridine rings is 2. The molecular weight excluding hydrogens is 594 g/mol. The zero-order valence-corrected chi connectivity index (χ0v) is 26.0. The molecule has 0 amide bonds. The summed E-state index contributed by atoms with van der Waals surface area (Å²) in [5.74, 6) is 3.54. The highest BCUT2D eigenvalue weighted by molar-refractivity contribution is 6.09. The molecule has 0 bridgehead atoms. The minimum absolute atomic E-state index is 0.638. The first-order valence-corrected chi connectivity index (χ1v) is 16.1. The van der Waals surface area contributed by atoms with Crippen LogP contribution in [0, 0.1) is 0 Å². The molecule has 0 aliphatic heterocycles. The summed E-state index contributed by atoms with van der Waals surface area (Å²) in [6.07, 6.45) is 8.66. The van der Waals surface area contributed by atoms with Crippen LogP contribution >= 0.6 is 0 Å². The third-order valence-electron chi connectivity index (χ3n) is 8.77. The summed E-state index contributed by atoms with van der Waals surface area (Å²) < 4.78 is 15.0. The Morgan fingerprint density at radius 2 is 1.10 bits per heavy atom. The van der Waals surface area contributed by atoms with Gasteiger partial charge in [0.2, 0.25) is 5.95 Å². The maximum atomic E-state index is 6.45. The van der Waals surface area contributed by atoms with Gasteiger partial charge in [-0.1, -0.05) is 36.4 Å². The molecule has 0 saturated carbocycles. The van der Waals surface area contributed by atoms with Crippen molar-refractivity contribution in [2.45, 2.75) is 19.3 Å². The van der Waals surface area contributed by atoms with Gasteiger partial charge < -0.3 is 9.47 Å². The van der Waals surface area contributed by atoms with Gasteiger partial charge in [-0.3, -0.25) is 14.5 Å². The molecule has 0 spiro atoms. The van der Waals surface area contributed by atoms with Gasteiger partial charge in [-0.2, -0.15) is 0 Å². The van der Waals surface area contributed by atoms with Gasteiger partial charge in [-0.25, -0.2) is 9.97 Å². The Morgan fingerprint density at radius 3 is 1.67 bits per heavy atom. The first-order chi connectivity index (χ1) is 23.7. The maximum Gasteiger partial charge on any atom is 0.234 e. The van der Waals surface area contributed by atoms with Crippen molar-refractivity contribution in [2.24, 2.45) is 0 Å². The number of aryl methyl sites for hydroxylation is 2. The highest BCUT2D eigenvalue weighted by Crippen LogP contribution is 2.38. The van der Waals surface area contributed by atoms with E-state index in [1.165, 1.54) is 5.56 Å². The smallest absolute Gasteiger partial charge is 0.234 e. The summed E-state index contributed by atoms with van der Waals surface area (Å²) in [7, 11) is 0. The molecule has 1 aliphatic rings. The van der Waals surface area contributed by atoms with Crippen LogP contribution in [0.25, 0.3) is 50.3 Å². The summed E-state index contributed by atoms with van der Waals surface area (Å²) in [6, 6.07) is 40.2. The number of nitrogens with zero attached hydrogens (tertiary/aromatic N) is 5. The standard InChI is InChI=1S/C41H29N5O2/c1-3-20-42-36(13-1)27-8-5-11-30(22-27)47-32-16-18-34-35-19-17-33(48-31-12-6-9-28(23-31)37-14-2-4-21-43-37)25-40(35)46(39(34)24-32)41-44-26-29-10-7-15-38(29)45-41/h1-6,8-9,11-14,16-26H,7,10,15H2. The molecule has 0 atom stereocenters. The summed E-state index contributed by atoms with van der Waals surface area (Å²) >= 11 is 0. The number of benzene rings is 4. The summed E-state index contributed by atoms with van der Waals surface area (Å²) in [6.45, 7) is 0. The molecule has 0 unspecified atom stereocenters. The molecule has 4 aromatic heterocycles. The van der Waals surface area contributed by atoms with Gasteiger partial charge in [0.25, 0.3) is 0 Å². The van der Waals surface area contributed by atoms with Crippen LogP contribution in [0.15, 0.2) is 140 Å². The second kappa shape index (κ2) is 11.8. The number of hydrogen-bond donors (Lipinski definition) is 0. The largest absolute Gasteiger partial charge is 0.457 e. The lowest BCUT2D eigenvalue weighted by Gasteiger charge is -2.11. The molecule has 9 rings (SSSR count). The maximum absolute atomic E-state index is 6.45. The molecule has 1 aliphatic carbocycles. The number of hydrogen-bond acceptors (Lipinski definition) is 6. The van der Waals surface area contributed by atoms with E-state index >= 15 is 0 Å². The lowest BCUT2D eigenvalue weighted by Crippen LogP contribution is -2.04. The highest BCUT2D eigenvalue weighted by Gasteiger charge is 2.20. The monoisotopic (exact) mass is 623 g/mol. The van der Waals surface area contributed by atoms with E-state index in [1.54, 1.807) is 12.4 Å². The Labute approximate surface area is 277 Å². The van der Waals surface area contributed by atoms with Gasteiger partial charge >= 0.3 is 0 Å². The summed E-state index contributed by atoms with van der Waals surface area (Å²) in [4.78, 5) is 18.9. The average molecular weight is 624 g/mol. The predicted molar refractivity (Wildman–Crippen MR) is 188 cm³/mol. The van der Waals surface area contributed by atoms with Gasteiger partial charge in [0.05, 0.1) is 22.4 Å². The van der Waals surface area contributed by atoms with E-state index in [-0.39, 0.29) is 0 Å². The fraction of sp³-hybridized carbons (Fsp3) is 0.0732. The molecule has 0 saturated heterocycles. The Hall–Kier alpha value is -6.34. The van der Waals surface area contributed by atoms with Crippen LogP contribution in [0.2, 0.25) is 0 Å². The fourth-order valence-corrected chi connectivity index (χ4v) is 6.51. The van der Waals surface area contributed by atoms with Crippen LogP contribution in [0.4, 0.5) is 0 Å². The summed E-state index contributed by atoms with van der Waals surface area (Å²) in [5.41, 5.74) is 8.04. The Bertz CT molecular complexity index is 2300. The van der Waals surface area contributed by atoms with Gasteiger partial charge in [-0.05, 0) is 97.6 Å². The average Bonchev–Trinajstić information content (AvgIpc) is 3.74. The van der Waals surface area contributed by atoms with Crippen molar-refractivity contribution in [1.29, 1.82) is 0 Å². The second-order valence-corrected chi connectivity index (χ2v) is 11.9. The number of aromatic nitrogens is 5. The number of rotatable bonds is 7. The van der Waals surface area contributed by atoms with Crippen LogP contribution in [-0.4, -0.2) is 24.5 Å². The van der Waals surface area contributed by atoms with E-state index < -0.39 is 0 Å². The van der Waals surface area contributed by atoms with Crippen molar-refractivity contribution in [3.63, 3.8) is 0 Å². The first kappa shape index (κ1) is 27.9. The molecule has 8 aromatic rings. The van der Waals surface area contributed by atoms with E-state index in [1.807, 2.05) is 103 Å². The van der Waals surface area contributed by atoms with Gasteiger partial charge in [-0.15, -0.1) is 0 Å². The van der Waals surface area contributed by atoms with Crippen LogP contribution < -0.4 is 9.47 Å². The molecule has 0 fully saturated rings. The normalized spacial score (nSPS) is 12.3. The van der Waals surface area contributed by atoms with Crippen LogP contribution in [0.5, 0.6) is 23.0 Å². The quantitative estimate of drug-likeness (QED) is 0.176. The second-order valence-electron chi connectivity index (χ2n) is 11.9. The number of fused-ring (bicyclic) bond motifs is 4. The van der Waals surface area contributed by atoms with Crippen LogP contribution in [-0.2, 0) is 12.8 Å². The zero-order valence-electron chi connectivity index (χ0n) is 26.0. The molecule has 7 heteroatoms. The molecule has 4 aromatic carbocycles. The molecule has 230 valence electrons. The van der Waals surface area contributed by atoms with Crippen LogP contribution in [0.1, 0.15) is 17.7 Å². The topological polar surface area (TPSA) is 75.0 Å². The summed E-state index contributed by atoms with van der Waals surface area (Å²) in [5, 5.41) is 2.15. The van der Waals surface area contributed by atoms with Crippen LogP contribution in [0.3, 0.4) is 0 Å². The molecule has 4 heterocycles. The minimum atomic E-state index is 0.638. The molecule has 48 heavy (non-hydrogen) atoms. The van der Waals surface area contributed by atoms with Gasteiger partial charge in [0.1, 0.15) is 23.0 Å². The lowest BCUT2D eigenvalue weighted by molar-refractivity contribution is 0.483. The third kappa shape index (κ3) is 5.21. The minimum Gasteiger partial charge on any atom is -0.457 e. The fourth-order valence-electron chi connectivity index (χ4n) is 6.51. The van der Waals surface area contributed by atoms with E-state index in [9.17, 15) is 0 Å². The van der Waals surface area contributed by atoms with E-state index in [4.69, 9.17) is 19.4 Å². The van der Waals surface area contributed by atoms with Crippen molar-refractivity contribution < 1.29 is 9.47 Å². The van der Waals surface area contributed by atoms with E-state index in [2.05, 4.69) is 38.8 Å². The first-order valence-electron chi connectivity index (χ1n) is 16.1. The number of ether oxygens (including phenoxy) is 2. The molecular formula is C41H29N5O2. The van der Waals surface area contributed by atoms with E-state index in [0.717, 1.165) is 80.8 Å². The molecule has 7 nitrogen and oxygen atoms in total. The van der Waals surface area contributed by atoms with Crippen molar-refractivity contribution in [3.8, 4) is 51.5 Å². The van der Waals surface area contributed by atoms with Crippen molar-refractivity contribution >= 4 is 21.8 Å².